The molecule has 8 heteroatoms. The zero-order chi connectivity index (χ0) is 18.0. The molecule has 0 spiro atoms. The molecule has 1 saturated heterocycles. The third kappa shape index (κ3) is 3.37. The number of aryl methyl sites for hydroxylation is 1. The van der Waals surface area contributed by atoms with E-state index in [1.165, 1.54) is 23.0 Å². The number of amides is 3. The molecule has 0 aliphatic carbocycles. The molecule has 0 saturated carbocycles. The molecule has 0 atom stereocenters. The third-order valence-corrected chi connectivity index (χ3v) is 3.95. The highest BCUT2D eigenvalue weighted by Crippen LogP contribution is 2.22. The van der Waals surface area contributed by atoms with Gasteiger partial charge in [-0.2, -0.15) is 5.10 Å². The highest BCUT2D eigenvalue weighted by atomic mass is 16.5. The van der Waals surface area contributed by atoms with Gasteiger partial charge in [0.2, 0.25) is 0 Å². The Kier molecular flexibility index (Phi) is 4.51. The van der Waals surface area contributed by atoms with Crippen LogP contribution in [0.15, 0.2) is 36.7 Å². The Bertz CT molecular complexity index is 830. The van der Waals surface area contributed by atoms with Crippen LogP contribution >= 0.6 is 0 Å². The van der Waals surface area contributed by atoms with Gasteiger partial charge in [-0.3, -0.25) is 19.3 Å². The van der Waals surface area contributed by atoms with Gasteiger partial charge in [0, 0.05) is 11.9 Å². The molecule has 130 valence electrons. The number of hydrogen-bond acceptors (Lipinski definition) is 5. The molecule has 25 heavy (non-hydrogen) atoms. The molecule has 3 amide bonds. The van der Waals surface area contributed by atoms with E-state index < -0.39 is 12.0 Å². The number of methoxy groups -OCH3 is 1. The van der Waals surface area contributed by atoms with Crippen LogP contribution in [0.25, 0.3) is 0 Å². The molecule has 1 aromatic carbocycles. The van der Waals surface area contributed by atoms with Gasteiger partial charge in [0.25, 0.3) is 5.91 Å². The Morgan fingerprint density at radius 1 is 1.28 bits per heavy atom. The van der Waals surface area contributed by atoms with E-state index in [9.17, 15) is 14.4 Å². The second kappa shape index (κ2) is 6.76. The van der Waals surface area contributed by atoms with Crippen molar-refractivity contribution in [1.82, 2.24) is 14.7 Å². The predicted octanol–water partition coefficient (Wildman–Crippen LogP) is 1.45. The zero-order valence-corrected chi connectivity index (χ0v) is 14.0. The fourth-order valence-corrected chi connectivity index (χ4v) is 2.67. The van der Waals surface area contributed by atoms with Gasteiger partial charge < -0.3 is 4.74 Å². The summed E-state index contributed by atoms with van der Waals surface area (Å²) in [6.07, 6.45) is 3.57. The van der Waals surface area contributed by atoms with Crippen molar-refractivity contribution in [2.45, 2.75) is 13.5 Å². The number of imide groups is 1. The van der Waals surface area contributed by atoms with E-state index in [0.717, 1.165) is 5.56 Å². The number of carbonyl (C=O) groups is 3. The Morgan fingerprint density at radius 3 is 2.76 bits per heavy atom. The molecule has 1 aromatic heterocycles. The lowest BCUT2D eigenvalue weighted by Gasteiger charge is -2.17. The van der Waals surface area contributed by atoms with Crippen LogP contribution in [0.2, 0.25) is 0 Å². The molecular weight excluding hydrogens is 324 g/mol. The standard InChI is InChI=1S/C17H18N4O4/c1-12-9-18-19(10-12)6-7-20-15(22)11-21(17(20)24)14-5-3-4-13(8-14)16(23)25-2/h3-5,8-10H,6-7,11H2,1-2H3. The number of rotatable bonds is 5. The lowest BCUT2D eigenvalue weighted by Crippen LogP contribution is -2.35. The normalized spacial score (nSPS) is 14.3. The Balaban J connectivity index is 1.73. The van der Waals surface area contributed by atoms with Crippen molar-refractivity contribution in [3.63, 3.8) is 0 Å². The molecule has 1 fully saturated rings. The maximum absolute atomic E-state index is 12.6. The molecule has 1 aliphatic heterocycles. The minimum Gasteiger partial charge on any atom is -0.465 e. The van der Waals surface area contributed by atoms with Crippen LogP contribution < -0.4 is 4.90 Å². The molecular formula is C17H18N4O4. The zero-order valence-electron chi connectivity index (χ0n) is 14.0. The van der Waals surface area contributed by atoms with Crippen LogP contribution in [0.5, 0.6) is 0 Å². The SMILES string of the molecule is COC(=O)c1cccc(N2CC(=O)N(CCn3cc(C)cn3)C2=O)c1. The van der Waals surface area contributed by atoms with Crippen molar-refractivity contribution in [3.05, 3.63) is 47.8 Å². The van der Waals surface area contributed by atoms with Gasteiger partial charge in [-0.15, -0.1) is 0 Å². The highest BCUT2D eigenvalue weighted by molar-refractivity contribution is 6.12. The number of aromatic nitrogens is 2. The molecule has 0 N–H and O–H groups in total. The molecule has 0 bridgehead atoms. The van der Waals surface area contributed by atoms with Crippen LogP contribution in [0.1, 0.15) is 15.9 Å². The van der Waals surface area contributed by atoms with Gasteiger partial charge in [0.1, 0.15) is 6.54 Å². The maximum Gasteiger partial charge on any atom is 0.337 e. The Hall–Kier alpha value is -3.16. The van der Waals surface area contributed by atoms with Crippen molar-refractivity contribution in [1.29, 1.82) is 0 Å². The monoisotopic (exact) mass is 342 g/mol. The van der Waals surface area contributed by atoms with Crippen molar-refractivity contribution >= 4 is 23.6 Å². The first-order chi connectivity index (χ1) is 12.0. The third-order valence-electron chi connectivity index (χ3n) is 3.95. The summed E-state index contributed by atoms with van der Waals surface area (Å²) in [6, 6.07) is 6.05. The van der Waals surface area contributed by atoms with Gasteiger partial charge in [-0.1, -0.05) is 6.07 Å². The second-order valence-corrected chi connectivity index (χ2v) is 5.74. The van der Waals surface area contributed by atoms with Gasteiger partial charge in [-0.05, 0) is 30.7 Å². The number of benzene rings is 1. The molecule has 1 aliphatic rings. The smallest absolute Gasteiger partial charge is 0.337 e. The fraction of sp³-hybridized carbons (Fsp3) is 0.294. The van der Waals surface area contributed by atoms with Crippen LogP contribution in [0.4, 0.5) is 10.5 Å². The molecule has 8 nitrogen and oxygen atoms in total. The van der Waals surface area contributed by atoms with Crippen LogP contribution in [0.3, 0.4) is 0 Å². The Morgan fingerprint density at radius 2 is 2.08 bits per heavy atom. The average molecular weight is 342 g/mol. The Labute approximate surface area is 144 Å². The molecule has 2 heterocycles. The lowest BCUT2D eigenvalue weighted by atomic mass is 10.2. The summed E-state index contributed by atoms with van der Waals surface area (Å²) in [5.74, 6) is -0.775. The summed E-state index contributed by atoms with van der Waals surface area (Å²) in [4.78, 5) is 39.0. The summed E-state index contributed by atoms with van der Waals surface area (Å²) in [6.45, 7) is 2.54. The maximum atomic E-state index is 12.6. The summed E-state index contributed by atoms with van der Waals surface area (Å²) in [7, 11) is 1.29. The minimum atomic E-state index is -0.495. The fourth-order valence-electron chi connectivity index (χ4n) is 2.67. The van der Waals surface area contributed by atoms with Crippen LogP contribution in [-0.4, -0.2) is 52.8 Å². The van der Waals surface area contributed by atoms with Crippen molar-refractivity contribution < 1.29 is 19.1 Å². The number of esters is 1. The van der Waals surface area contributed by atoms with E-state index in [0.29, 0.717) is 17.8 Å². The predicted molar refractivity (Wildman–Crippen MR) is 89.2 cm³/mol. The van der Waals surface area contributed by atoms with Gasteiger partial charge >= 0.3 is 12.0 Å². The first-order valence-corrected chi connectivity index (χ1v) is 7.79. The largest absolute Gasteiger partial charge is 0.465 e. The number of ether oxygens (including phenoxy) is 1. The number of hydrogen-bond donors (Lipinski definition) is 0. The van der Waals surface area contributed by atoms with E-state index in [1.54, 1.807) is 29.1 Å². The molecule has 0 radical (unpaired) electrons. The van der Waals surface area contributed by atoms with E-state index in [-0.39, 0.29) is 19.0 Å². The average Bonchev–Trinajstić information content (AvgIpc) is 3.15. The summed E-state index contributed by atoms with van der Waals surface area (Å²) >= 11 is 0. The van der Waals surface area contributed by atoms with Crippen molar-refractivity contribution in [3.8, 4) is 0 Å². The van der Waals surface area contributed by atoms with Crippen molar-refractivity contribution in [2.24, 2.45) is 0 Å². The quantitative estimate of drug-likeness (QED) is 0.606. The van der Waals surface area contributed by atoms with E-state index in [2.05, 4.69) is 9.84 Å². The van der Waals surface area contributed by atoms with Gasteiger partial charge in [0.15, 0.2) is 0 Å². The van der Waals surface area contributed by atoms with E-state index in [4.69, 9.17) is 0 Å². The highest BCUT2D eigenvalue weighted by Gasteiger charge is 2.36. The summed E-state index contributed by atoms with van der Waals surface area (Å²) in [5.41, 5.74) is 1.82. The number of anilines is 1. The first kappa shape index (κ1) is 16.7. The summed E-state index contributed by atoms with van der Waals surface area (Å²) in [5, 5.41) is 4.15. The topological polar surface area (TPSA) is 84.7 Å². The minimum absolute atomic E-state index is 0.0540. The van der Waals surface area contributed by atoms with Crippen LogP contribution in [-0.2, 0) is 16.1 Å². The van der Waals surface area contributed by atoms with Gasteiger partial charge in [0.05, 0.1) is 32.0 Å². The molecule has 0 unspecified atom stereocenters. The van der Waals surface area contributed by atoms with E-state index >= 15 is 0 Å². The van der Waals surface area contributed by atoms with Crippen LogP contribution in [0, 0.1) is 6.92 Å². The number of nitrogens with zero attached hydrogens (tertiary/aromatic N) is 4. The van der Waals surface area contributed by atoms with Gasteiger partial charge in [-0.25, -0.2) is 9.59 Å². The molecule has 2 aromatic rings. The number of carbonyl (C=O) groups excluding carboxylic acids is 3. The van der Waals surface area contributed by atoms with E-state index in [1.807, 2.05) is 13.1 Å². The molecule has 3 rings (SSSR count). The summed E-state index contributed by atoms with van der Waals surface area (Å²) < 4.78 is 6.37. The number of urea groups is 1. The lowest BCUT2D eigenvalue weighted by molar-refractivity contribution is -0.125. The second-order valence-electron chi connectivity index (χ2n) is 5.74. The first-order valence-electron chi connectivity index (χ1n) is 7.79. The van der Waals surface area contributed by atoms with Crippen molar-refractivity contribution in [2.75, 3.05) is 25.1 Å².